The third-order valence-electron chi connectivity index (χ3n) is 4.97. The molecule has 0 bridgehead atoms. The fourth-order valence-corrected chi connectivity index (χ4v) is 3.58. The van der Waals surface area contributed by atoms with Crippen LogP contribution in [0.15, 0.2) is 41.8 Å². The summed E-state index contributed by atoms with van der Waals surface area (Å²) >= 11 is 0. The fraction of sp³-hybridized carbons (Fsp3) is 0.200. The van der Waals surface area contributed by atoms with E-state index < -0.39 is 24.1 Å². The third-order valence-corrected chi connectivity index (χ3v) is 4.97. The molecular formula is C20H15NO7. The standard InChI is InChI=1S/C20H15NO7/c21-11-6-14(27-20-19(11)28-20)26-7-8-4-10-16(13(23)5-8)18(25)15-9(17(10)24)2-1-3-12(15)22/h1-5,14,20,22-23H,6-7,21H2/t14-,20?/m1/s1. The number of carbonyl (C=O) groups is 2. The number of phenols is 2. The summed E-state index contributed by atoms with van der Waals surface area (Å²) < 4.78 is 16.3. The molecule has 2 heterocycles. The Hall–Kier alpha value is -3.36. The maximum absolute atomic E-state index is 12.8. The molecule has 142 valence electrons. The number of fused-ring (bicyclic) bond motifs is 3. The maximum Gasteiger partial charge on any atom is 0.262 e. The molecule has 1 unspecified atom stereocenters. The number of hydrogen-bond acceptors (Lipinski definition) is 8. The van der Waals surface area contributed by atoms with E-state index in [-0.39, 0.29) is 40.4 Å². The van der Waals surface area contributed by atoms with E-state index in [2.05, 4.69) is 0 Å². The van der Waals surface area contributed by atoms with Gasteiger partial charge in [-0.3, -0.25) is 9.59 Å². The first-order chi connectivity index (χ1) is 13.4. The van der Waals surface area contributed by atoms with Gasteiger partial charge in [-0.2, -0.15) is 0 Å². The Balaban J connectivity index is 1.43. The van der Waals surface area contributed by atoms with Crippen LogP contribution in [0.4, 0.5) is 0 Å². The molecule has 0 spiro atoms. The topological polar surface area (TPSA) is 132 Å². The quantitative estimate of drug-likeness (QED) is 0.584. The molecule has 1 saturated heterocycles. The molecule has 2 atom stereocenters. The van der Waals surface area contributed by atoms with Crippen molar-refractivity contribution in [2.24, 2.45) is 5.73 Å². The molecule has 1 fully saturated rings. The van der Waals surface area contributed by atoms with Gasteiger partial charge in [0.25, 0.3) is 6.29 Å². The van der Waals surface area contributed by atoms with Crippen molar-refractivity contribution in [3.63, 3.8) is 0 Å². The second-order valence-electron chi connectivity index (χ2n) is 6.82. The SMILES string of the molecule is NC1=C2OC2O[C@@H](OCc2cc(O)c3c(c2)C(=O)c2cccc(O)c2C3=O)C1. The van der Waals surface area contributed by atoms with Gasteiger partial charge in [-0.05, 0) is 23.8 Å². The highest BCUT2D eigenvalue weighted by Gasteiger charge is 2.44. The summed E-state index contributed by atoms with van der Waals surface area (Å²) in [6.45, 7) is 0.0369. The lowest BCUT2D eigenvalue weighted by Gasteiger charge is -2.21. The second kappa shape index (κ2) is 5.82. The van der Waals surface area contributed by atoms with Gasteiger partial charge in [-0.25, -0.2) is 0 Å². The monoisotopic (exact) mass is 381 g/mol. The minimum absolute atomic E-state index is 0.0369. The van der Waals surface area contributed by atoms with Crippen LogP contribution in [0, 0.1) is 0 Å². The van der Waals surface area contributed by atoms with Gasteiger partial charge < -0.3 is 30.2 Å². The molecule has 3 aliphatic rings. The Morgan fingerprint density at radius 2 is 1.86 bits per heavy atom. The Labute approximate surface area is 158 Å². The largest absolute Gasteiger partial charge is 0.507 e. The number of nitrogens with two attached hydrogens (primary N) is 1. The number of benzene rings is 2. The highest BCUT2D eigenvalue weighted by Crippen LogP contribution is 2.39. The van der Waals surface area contributed by atoms with E-state index in [4.69, 9.17) is 19.9 Å². The van der Waals surface area contributed by atoms with Crippen molar-refractivity contribution in [3.8, 4) is 11.5 Å². The Bertz CT molecular complexity index is 1090. The Kier molecular flexibility index (Phi) is 3.49. The molecule has 5 rings (SSSR count). The number of rotatable bonds is 3. The highest BCUT2D eigenvalue weighted by atomic mass is 16.8. The maximum atomic E-state index is 12.8. The zero-order chi connectivity index (χ0) is 19.6. The van der Waals surface area contributed by atoms with Crippen LogP contribution in [0.25, 0.3) is 0 Å². The van der Waals surface area contributed by atoms with Crippen LogP contribution in [0.5, 0.6) is 11.5 Å². The first kappa shape index (κ1) is 16.8. The van der Waals surface area contributed by atoms with Crippen LogP contribution in [0.2, 0.25) is 0 Å². The van der Waals surface area contributed by atoms with Gasteiger partial charge >= 0.3 is 0 Å². The summed E-state index contributed by atoms with van der Waals surface area (Å²) in [7, 11) is 0. The average molecular weight is 381 g/mol. The fourth-order valence-electron chi connectivity index (χ4n) is 3.58. The summed E-state index contributed by atoms with van der Waals surface area (Å²) in [4.78, 5) is 25.6. The lowest BCUT2D eigenvalue weighted by Crippen LogP contribution is -2.25. The second-order valence-corrected chi connectivity index (χ2v) is 6.82. The van der Waals surface area contributed by atoms with E-state index in [1.807, 2.05) is 0 Å². The molecule has 4 N–H and O–H groups in total. The smallest absolute Gasteiger partial charge is 0.262 e. The van der Waals surface area contributed by atoms with Crippen molar-refractivity contribution in [3.05, 3.63) is 69.6 Å². The van der Waals surface area contributed by atoms with Crippen LogP contribution < -0.4 is 5.73 Å². The zero-order valence-corrected chi connectivity index (χ0v) is 14.5. The highest BCUT2D eigenvalue weighted by molar-refractivity contribution is 6.30. The number of carbonyl (C=O) groups excluding carboxylic acids is 2. The van der Waals surface area contributed by atoms with Crippen molar-refractivity contribution in [2.45, 2.75) is 25.6 Å². The number of hydrogen-bond donors (Lipinski definition) is 3. The average Bonchev–Trinajstić information content (AvgIpc) is 3.44. The lowest BCUT2D eigenvalue weighted by molar-refractivity contribution is -0.174. The molecule has 8 heteroatoms. The Morgan fingerprint density at radius 3 is 2.64 bits per heavy atom. The lowest BCUT2D eigenvalue weighted by atomic mass is 9.82. The van der Waals surface area contributed by atoms with Crippen molar-refractivity contribution < 1.29 is 34.0 Å². The molecule has 0 radical (unpaired) electrons. The molecule has 0 amide bonds. The predicted molar refractivity (Wildman–Crippen MR) is 93.4 cm³/mol. The van der Waals surface area contributed by atoms with E-state index in [1.165, 1.54) is 30.3 Å². The molecule has 0 saturated carbocycles. The Morgan fingerprint density at radius 1 is 1.07 bits per heavy atom. The number of epoxide rings is 1. The van der Waals surface area contributed by atoms with E-state index in [9.17, 15) is 19.8 Å². The molecule has 1 aliphatic carbocycles. The van der Waals surface area contributed by atoms with Crippen molar-refractivity contribution in [1.29, 1.82) is 0 Å². The number of aromatic hydroxyl groups is 2. The van der Waals surface area contributed by atoms with Crippen LogP contribution in [0.3, 0.4) is 0 Å². The molecule has 28 heavy (non-hydrogen) atoms. The van der Waals surface area contributed by atoms with Crippen LogP contribution >= 0.6 is 0 Å². The van der Waals surface area contributed by atoms with E-state index in [1.54, 1.807) is 0 Å². The van der Waals surface area contributed by atoms with Crippen LogP contribution in [0.1, 0.15) is 43.8 Å². The van der Waals surface area contributed by atoms with Crippen molar-refractivity contribution in [1.82, 2.24) is 0 Å². The van der Waals surface area contributed by atoms with Gasteiger partial charge in [0.2, 0.25) is 5.78 Å². The molecule has 2 aromatic carbocycles. The molecule has 8 nitrogen and oxygen atoms in total. The third kappa shape index (κ3) is 2.46. The summed E-state index contributed by atoms with van der Waals surface area (Å²) in [6, 6.07) is 7.15. The summed E-state index contributed by atoms with van der Waals surface area (Å²) in [5.74, 6) is -1.05. The molecule has 2 aliphatic heterocycles. The van der Waals surface area contributed by atoms with Gasteiger partial charge in [0, 0.05) is 17.5 Å². The normalized spacial score (nSPS) is 22.3. The number of ether oxygens (including phenoxy) is 3. The molecular weight excluding hydrogens is 366 g/mol. The number of phenolic OH excluding ortho intramolecular Hbond substituents is 2. The summed E-state index contributed by atoms with van der Waals surface area (Å²) in [5, 5.41) is 20.4. The zero-order valence-electron chi connectivity index (χ0n) is 14.5. The van der Waals surface area contributed by atoms with Crippen LogP contribution in [-0.2, 0) is 20.8 Å². The summed E-state index contributed by atoms with van der Waals surface area (Å²) in [6.07, 6.45) is -0.712. The predicted octanol–water partition coefficient (Wildman–Crippen LogP) is 1.66. The van der Waals surface area contributed by atoms with E-state index in [0.717, 1.165) is 0 Å². The summed E-state index contributed by atoms with van der Waals surface area (Å²) in [5.41, 5.74) is 6.85. The minimum atomic E-state index is -0.607. The van der Waals surface area contributed by atoms with Gasteiger partial charge in [-0.1, -0.05) is 12.1 Å². The van der Waals surface area contributed by atoms with Gasteiger partial charge in [0.15, 0.2) is 17.8 Å². The first-order valence-electron chi connectivity index (χ1n) is 8.63. The van der Waals surface area contributed by atoms with Gasteiger partial charge in [0.05, 0.1) is 23.4 Å². The minimum Gasteiger partial charge on any atom is -0.507 e. The molecule has 0 aromatic heterocycles. The van der Waals surface area contributed by atoms with E-state index >= 15 is 0 Å². The van der Waals surface area contributed by atoms with Crippen LogP contribution in [-0.4, -0.2) is 34.4 Å². The van der Waals surface area contributed by atoms with Crippen molar-refractivity contribution in [2.75, 3.05) is 0 Å². The first-order valence-corrected chi connectivity index (χ1v) is 8.63. The van der Waals surface area contributed by atoms with E-state index in [0.29, 0.717) is 23.4 Å². The van der Waals surface area contributed by atoms with Gasteiger partial charge in [0.1, 0.15) is 11.5 Å². The van der Waals surface area contributed by atoms with Crippen molar-refractivity contribution >= 4 is 11.6 Å². The molecule has 2 aromatic rings. The number of ketones is 2. The van der Waals surface area contributed by atoms with Gasteiger partial charge in [-0.15, -0.1) is 0 Å².